The summed E-state index contributed by atoms with van der Waals surface area (Å²) in [7, 11) is 0. The maximum atomic E-state index is 13.3. The van der Waals surface area contributed by atoms with E-state index in [0.717, 1.165) is 16.7 Å². The lowest BCUT2D eigenvalue weighted by Crippen LogP contribution is -2.85. The summed E-state index contributed by atoms with van der Waals surface area (Å²) < 4.78 is 5.21. The van der Waals surface area contributed by atoms with Crippen molar-refractivity contribution in [1.29, 1.82) is 0 Å². The Hall–Kier alpha value is -3.82. The van der Waals surface area contributed by atoms with Crippen LogP contribution in [0.1, 0.15) is 44.9 Å². The molecule has 2 heterocycles. The van der Waals surface area contributed by atoms with Crippen molar-refractivity contribution in [3.63, 3.8) is 0 Å². The number of carboxylic acids is 2. The van der Waals surface area contributed by atoms with Gasteiger partial charge in [0.05, 0.1) is 25.2 Å². The van der Waals surface area contributed by atoms with Gasteiger partial charge in [-0.25, -0.2) is 4.79 Å². The maximum Gasteiger partial charge on any atom is 0.352 e. The fourth-order valence-corrected chi connectivity index (χ4v) is 6.18. The van der Waals surface area contributed by atoms with Crippen LogP contribution in [0.2, 0.25) is 0 Å². The Bertz CT molecular complexity index is 1200. The molecule has 1 saturated heterocycles. The van der Waals surface area contributed by atoms with E-state index in [2.05, 4.69) is 16.0 Å². The topological polar surface area (TPSA) is 327 Å². The van der Waals surface area contributed by atoms with E-state index in [9.17, 15) is 43.8 Å². The lowest BCUT2D eigenvalue weighted by molar-refractivity contribution is -0.162. The van der Waals surface area contributed by atoms with Gasteiger partial charge in [-0.2, -0.15) is 0 Å². The number of amides is 4. The Kier molecular flexibility index (Phi) is 14.8. The van der Waals surface area contributed by atoms with Crippen LogP contribution in [0.4, 0.5) is 0 Å². The average molecular weight is 676 g/mol. The van der Waals surface area contributed by atoms with Crippen molar-refractivity contribution in [2.45, 2.75) is 80.2 Å². The van der Waals surface area contributed by atoms with Crippen LogP contribution >= 0.6 is 11.8 Å². The van der Waals surface area contributed by atoms with Crippen molar-refractivity contribution in [3.05, 3.63) is 11.3 Å². The molecule has 2 aliphatic rings. The fourth-order valence-electron chi connectivity index (χ4n) is 4.78. The van der Waals surface area contributed by atoms with Crippen LogP contribution in [-0.2, 0) is 38.3 Å². The first-order chi connectivity index (χ1) is 21.7. The third kappa shape index (κ3) is 9.59. The van der Waals surface area contributed by atoms with Crippen LogP contribution in [0.5, 0.6) is 0 Å². The maximum absolute atomic E-state index is 13.3. The number of thioether (sulfide) groups is 1. The number of aliphatic hydroxyl groups excluding tert-OH is 2. The summed E-state index contributed by atoms with van der Waals surface area (Å²) in [5.41, 5.74) is 14.0. The van der Waals surface area contributed by atoms with Gasteiger partial charge in [-0.3, -0.25) is 33.7 Å². The zero-order valence-corrected chi connectivity index (χ0v) is 25.7. The van der Waals surface area contributed by atoms with E-state index in [0.29, 0.717) is 19.4 Å². The molecule has 6 atom stereocenters. The number of aliphatic carboxylic acids is 2. The van der Waals surface area contributed by atoms with Crippen molar-refractivity contribution in [2.24, 2.45) is 17.2 Å². The second kappa shape index (κ2) is 17.8. The molecule has 13 N–H and O–H groups in total. The monoisotopic (exact) mass is 675 g/mol. The third-order valence-electron chi connectivity index (χ3n) is 7.29. The number of β-lactam (4-membered cyclic amide) rings is 1. The van der Waals surface area contributed by atoms with Gasteiger partial charge >= 0.3 is 17.9 Å². The van der Waals surface area contributed by atoms with Gasteiger partial charge in [0.2, 0.25) is 23.9 Å². The third-order valence-corrected chi connectivity index (χ3v) is 8.69. The summed E-state index contributed by atoms with van der Waals surface area (Å²) in [5, 5.41) is 44.6. The number of hydrogen-bond acceptors (Lipinski definition) is 14. The van der Waals surface area contributed by atoms with Gasteiger partial charge in [0.1, 0.15) is 29.8 Å². The SMILES string of the molecule is NCCCC[C@H](NC(=O)[C@@H](N)CO)[C@H](O)CC(=O)OCC1=C(C(=O)O)N2C(=O)[C@@](NC=O)(NC(=O)CCC[C@@H](N)C(=O)O)C2SC1. The quantitative estimate of drug-likeness (QED) is 0.0180. The molecule has 2 aliphatic heterocycles. The highest BCUT2D eigenvalue weighted by Crippen LogP contribution is 2.45. The Labute approximate surface area is 267 Å². The van der Waals surface area contributed by atoms with E-state index in [4.69, 9.17) is 32.2 Å². The predicted molar refractivity (Wildman–Crippen MR) is 159 cm³/mol. The minimum atomic E-state index is -1.98. The molecule has 0 aliphatic carbocycles. The molecular formula is C26H41N7O12S. The summed E-state index contributed by atoms with van der Waals surface area (Å²) in [6, 6.07) is -3.36. The van der Waals surface area contributed by atoms with Gasteiger partial charge in [0.15, 0.2) is 0 Å². The number of fused-ring (bicyclic) bond motifs is 1. The van der Waals surface area contributed by atoms with E-state index < -0.39 is 96.2 Å². The number of carbonyl (C=O) groups is 7. The first kappa shape index (κ1) is 38.4. The summed E-state index contributed by atoms with van der Waals surface area (Å²) in [6.45, 7) is -0.848. The molecule has 0 saturated carbocycles. The number of carboxylic acid groups (broad SMARTS) is 2. The summed E-state index contributed by atoms with van der Waals surface area (Å²) in [6.07, 6.45) is -0.721. The van der Waals surface area contributed by atoms with Crippen molar-refractivity contribution in [3.8, 4) is 0 Å². The van der Waals surface area contributed by atoms with Crippen LogP contribution in [-0.4, -0.2) is 128 Å². The molecule has 1 fully saturated rings. The van der Waals surface area contributed by atoms with E-state index in [1.54, 1.807) is 0 Å². The Morgan fingerprint density at radius 1 is 1.11 bits per heavy atom. The average Bonchev–Trinajstić information content (AvgIpc) is 3.01. The second-order valence-electron chi connectivity index (χ2n) is 10.7. The number of unbranched alkanes of at least 4 members (excludes halogenated alkanes) is 1. The minimum Gasteiger partial charge on any atom is -0.480 e. The number of aliphatic hydroxyl groups is 2. The predicted octanol–water partition coefficient (Wildman–Crippen LogP) is -4.39. The van der Waals surface area contributed by atoms with Crippen LogP contribution in [0.15, 0.2) is 11.3 Å². The number of rotatable bonds is 21. The highest BCUT2D eigenvalue weighted by molar-refractivity contribution is 8.00. The van der Waals surface area contributed by atoms with Gasteiger partial charge in [-0.05, 0) is 32.2 Å². The molecular weight excluding hydrogens is 634 g/mol. The number of nitrogens with one attached hydrogen (secondary N) is 3. The second-order valence-corrected chi connectivity index (χ2v) is 11.7. The van der Waals surface area contributed by atoms with Crippen molar-refractivity contribution in [2.75, 3.05) is 25.5 Å². The van der Waals surface area contributed by atoms with Crippen molar-refractivity contribution < 1.29 is 58.7 Å². The highest BCUT2D eigenvalue weighted by Gasteiger charge is 2.66. The first-order valence-electron chi connectivity index (χ1n) is 14.4. The van der Waals surface area contributed by atoms with Crippen LogP contribution in [0, 0.1) is 0 Å². The molecule has 258 valence electrons. The molecule has 46 heavy (non-hydrogen) atoms. The molecule has 0 aromatic rings. The summed E-state index contributed by atoms with van der Waals surface area (Å²) in [4.78, 5) is 85.9. The number of ether oxygens (including phenoxy) is 1. The standard InChI is InChI=1S/C26H41N7O12S/c27-7-2-1-5-16(31-21(39)15(29)9-34)17(36)8-19(38)45-10-13-11-46-25-26(30-12-35,24(44)33(25)20(13)23(42)43)32-18(37)6-3-4-14(28)22(40)41/h12,14-17,25,34,36H,1-11,27-29H2,(H,30,35)(H,31,39)(H,32,37)(H,40,41)(H,42,43)/t14-,15+,16+,17-,25?,26-/m1/s1. The molecule has 0 bridgehead atoms. The molecule has 0 radical (unpaired) electrons. The molecule has 19 nitrogen and oxygen atoms in total. The van der Waals surface area contributed by atoms with Crippen LogP contribution in [0.3, 0.4) is 0 Å². The van der Waals surface area contributed by atoms with Crippen molar-refractivity contribution >= 4 is 53.8 Å². The van der Waals surface area contributed by atoms with Crippen molar-refractivity contribution in [1.82, 2.24) is 20.9 Å². The smallest absolute Gasteiger partial charge is 0.352 e. The van der Waals surface area contributed by atoms with Crippen LogP contribution in [0.25, 0.3) is 0 Å². The summed E-state index contributed by atoms with van der Waals surface area (Å²) >= 11 is 0.980. The largest absolute Gasteiger partial charge is 0.480 e. The van der Waals surface area contributed by atoms with Crippen LogP contribution < -0.4 is 33.2 Å². The Balaban J connectivity index is 2.10. The Morgan fingerprint density at radius 3 is 2.39 bits per heavy atom. The van der Waals surface area contributed by atoms with Gasteiger partial charge in [0.25, 0.3) is 5.91 Å². The number of nitrogens with two attached hydrogens (primary N) is 3. The molecule has 20 heteroatoms. The molecule has 2 rings (SSSR count). The van der Waals surface area contributed by atoms with E-state index in [-0.39, 0.29) is 43.4 Å². The number of carbonyl (C=O) groups excluding carboxylic acids is 5. The van der Waals surface area contributed by atoms with Gasteiger partial charge in [-0.1, -0.05) is 6.42 Å². The first-order valence-corrected chi connectivity index (χ1v) is 15.4. The van der Waals surface area contributed by atoms with E-state index in [1.165, 1.54) is 0 Å². The normalized spacial score (nSPS) is 21.5. The number of nitrogens with zero attached hydrogens (tertiary/aromatic N) is 1. The molecule has 0 spiro atoms. The zero-order valence-electron chi connectivity index (χ0n) is 24.9. The summed E-state index contributed by atoms with van der Waals surface area (Å²) in [5.74, 6) is -6.24. The molecule has 4 amide bonds. The lowest BCUT2D eigenvalue weighted by atomic mass is 9.94. The van der Waals surface area contributed by atoms with E-state index in [1.807, 2.05) is 0 Å². The molecule has 1 unspecified atom stereocenters. The van der Waals surface area contributed by atoms with Gasteiger partial charge in [-0.15, -0.1) is 11.8 Å². The molecule has 0 aromatic heterocycles. The zero-order chi connectivity index (χ0) is 34.6. The minimum absolute atomic E-state index is 0.0262. The number of esters is 1. The molecule has 0 aromatic carbocycles. The number of hydrogen-bond donors (Lipinski definition) is 10. The fraction of sp³-hybridized carbons (Fsp3) is 0.654. The van der Waals surface area contributed by atoms with E-state index >= 15 is 0 Å². The highest BCUT2D eigenvalue weighted by atomic mass is 32.2. The van der Waals surface area contributed by atoms with Gasteiger partial charge in [0, 0.05) is 17.7 Å². The Morgan fingerprint density at radius 2 is 1.80 bits per heavy atom. The van der Waals surface area contributed by atoms with Gasteiger partial charge < -0.3 is 58.3 Å². The lowest BCUT2D eigenvalue weighted by Gasteiger charge is -2.56.